The van der Waals surface area contributed by atoms with Crippen molar-refractivity contribution < 1.29 is 9.47 Å². The molecule has 0 aromatic heterocycles. The number of hydrogen-bond donors (Lipinski definition) is 0. The Labute approximate surface area is 98.2 Å². The van der Waals surface area contributed by atoms with E-state index in [1.165, 1.54) is 0 Å². The van der Waals surface area contributed by atoms with Gasteiger partial charge in [-0.15, -0.1) is 0 Å². The van der Waals surface area contributed by atoms with Gasteiger partial charge in [-0.3, -0.25) is 4.99 Å². The molecule has 0 saturated heterocycles. The van der Waals surface area contributed by atoms with Crippen LogP contribution in [0.5, 0.6) is 0 Å². The zero-order valence-corrected chi connectivity index (χ0v) is 10.6. The van der Waals surface area contributed by atoms with Crippen molar-refractivity contribution in [1.29, 1.82) is 0 Å². The molecule has 90 valence electrons. The maximum atomic E-state index is 5.69. The molecule has 0 N–H and O–H groups in total. The van der Waals surface area contributed by atoms with E-state index < -0.39 is 0 Å². The van der Waals surface area contributed by atoms with Gasteiger partial charge in [0.05, 0.1) is 18.4 Å². The molecule has 0 atom stereocenters. The molecule has 0 bridgehead atoms. The molecule has 0 amide bonds. The standard InChI is InChI=1S/C13H21NO2/c1-7-12(14-5)11(9-15-6)13(8-2)16-10(3)4/h7-8,10H,1,5,9H2,2-4,6H3/b12-11+,13-8+. The van der Waals surface area contributed by atoms with Gasteiger partial charge in [0, 0.05) is 12.7 Å². The third-order valence-electron chi connectivity index (χ3n) is 1.88. The molecule has 0 aliphatic heterocycles. The molecule has 0 aromatic rings. The highest BCUT2D eigenvalue weighted by Gasteiger charge is 2.11. The molecule has 0 rings (SSSR count). The van der Waals surface area contributed by atoms with Crippen LogP contribution < -0.4 is 0 Å². The molecule has 16 heavy (non-hydrogen) atoms. The molecule has 0 aliphatic carbocycles. The van der Waals surface area contributed by atoms with Gasteiger partial charge in [0.2, 0.25) is 0 Å². The Morgan fingerprint density at radius 2 is 2.06 bits per heavy atom. The van der Waals surface area contributed by atoms with Crippen LogP contribution in [0.15, 0.2) is 40.8 Å². The van der Waals surface area contributed by atoms with E-state index in [0.717, 1.165) is 11.3 Å². The van der Waals surface area contributed by atoms with Gasteiger partial charge in [-0.1, -0.05) is 6.58 Å². The minimum Gasteiger partial charge on any atom is -0.491 e. The average molecular weight is 223 g/mol. The molecule has 3 nitrogen and oxygen atoms in total. The average Bonchev–Trinajstić information content (AvgIpc) is 2.26. The van der Waals surface area contributed by atoms with E-state index in [0.29, 0.717) is 12.3 Å². The zero-order valence-electron chi connectivity index (χ0n) is 10.6. The fourth-order valence-corrected chi connectivity index (χ4v) is 1.27. The number of methoxy groups -OCH3 is 1. The lowest BCUT2D eigenvalue weighted by Gasteiger charge is -2.17. The fourth-order valence-electron chi connectivity index (χ4n) is 1.27. The maximum absolute atomic E-state index is 5.69. The second kappa shape index (κ2) is 7.88. The predicted molar refractivity (Wildman–Crippen MR) is 68.6 cm³/mol. The van der Waals surface area contributed by atoms with E-state index in [9.17, 15) is 0 Å². The highest BCUT2D eigenvalue weighted by atomic mass is 16.5. The molecular weight excluding hydrogens is 202 g/mol. The lowest BCUT2D eigenvalue weighted by atomic mass is 10.1. The normalized spacial score (nSPS) is 13.4. The van der Waals surface area contributed by atoms with Crippen LogP contribution in [0.1, 0.15) is 20.8 Å². The van der Waals surface area contributed by atoms with Gasteiger partial charge in [0.25, 0.3) is 0 Å². The minimum absolute atomic E-state index is 0.105. The van der Waals surface area contributed by atoms with Crippen LogP contribution in [0.25, 0.3) is 0 Å². The summed E-state index contributed by atoms with van der Waals surface area (Å²) in [6.07, 6.45) is 3.64. The first kappa shape index (κ1) is 14.6. The largest absolute Gasteiger partial charge is 0.491 e. The van der Waals surface area contributed by atoms with E-state index in [1.807, 2.05) is 26.8 Å². The molecule has 0 aliphatic rings. The number of allylic oxidation sites excluding steroid dienone is 2. The van der Waals surface area contributed by atoms with E-state index in [2.05, 4.69) is 18.3 Å². The van der Waals surface area contributed by atoms with E-state index in [4.69, 9.17) is 9.47 Å². The van der Waals surface area contributed by atoms with Gasteiger partial charge in [0.15, 0.2) is 0 Å². The third-order valence-corrected chi connectivity index (χ3v) is 1.88. The van der Waals surface area contributed by atoms with Gasteiger partial charge in [-0.25, -0.2) is 0 Å². The fraction of sp³-hybridized carbons (Fsp3) is 0.462. The second-order valence-corrected chi connectivity index (χ2v) is 3.48. The van der Waals surface area contributed by atoms with Crippen LogP contribution in [0.2, 0.25) is 0 Å². The highest BCUT2D eigenvalue weighted by Crippen LogP contribution is 2.19. The van der Waals surface area contributed by atoms with E-state index in [-0.39, 0.29) is 6.10 Å². The van der Waals surface area contributed by atoms with E-state index >= 15 is 0 Å². The SMILES string of the molecule is C=C/C(N=C)=C(COC)\C(=C/C)OC(C)C. The number of rotatable bonds is 7. The number of hydrogen-bond acceptors (Lipinski definition) is 3. The summed E-state index contributed by atoms with van der Waals surface area (Å²) in [7, 11) is 1.63. The van der Waals surface area contributed by atoms with Gasteiger partial charge < -0.3 is 9.47 Å². The molecular formula is C13H21NO2. The Hall–Kier alpha value is -1.35. The summed E-state index contributed by atoms with van der Waals surface area (Å²) in [6, 6.07) is 0. The smallest absolute Gasteiger partial charge is 0.123 e. The van der Waals surface area contributed by atoms with Crippen molar-refractivity contribution in [1.82, 2.24) is 0 Å². The van der Waals surface area contributed by atoms with Gasteiger partial charge >= 0.3 is 0 Å². The Kier molecular flexibility index (Phi) is 7.21. The monoisotopic (exact) mass is 223 g/mol. The number of aliphatic imine (C=N–C) groups is 1. The molecule has 0 fully saturated rings. The molecule has 0 unspecified atom stereocenters. The first-order valence-electron chi connectivity index (χ1n) is 5.25. The summed E-state index contributed by atoms with van der Waals surface area (Å²) in [5.41, 5.74) is 1.55. The van der Waals surface area contributed by atoms with Crippen LogP contribution in [-0.4, -0.2) is 26.5 Å². The molecule has 3 heteroatoms. The molecule has 0 spiro atoms. The van der Waals surface area contributed by atoms with Crippen molar-refractivity contribution in [3.05, 3.63) is 35.8 Å². The lowest BCUT2D eigenvalue weighted by Crippen LogP contribution is -2.09. The summed E-state index contributed by atoms with van der Waals surface area (Å²) in [5, 5.41) is 0. The summed E-state index contributed by atoms with van der Waals surface area (Å²) in [5.74, 6) is 0.763. The van der Waals surface area contributed by atoms with Crippen molar-refractivity contribution >= 4 is 6.72 Å². The first-order chi connectivity index (χ1) is 7.60. The Morgan fingerprint density at radius 3 is 2.38 bits per heavy atom. The van der Waals surface area contributed by atoms with Gasteiger partial charge in [-0.2, -0.15) is 0 Å². The van der Waals surface area contributed by atoms with Gasteiger partial charge in [-0.05, 0) is 39.6 Å². The highest BCUT2D eigenvalue weighted by molar-refractivity contribution is 5.41. The van der Waals surface area contributed by atoms with Crippen molar-refractivity contribution in [2.24, 2.45) is 4.99 Å². The Balaban J connectivity index is 5.23. The topological polar surface area (TPSA) is 30.8 Å². The third kappa shape index (κ3) is 4.45. The van der Waals surface area contributed by atoms with Crippen LogP contribution >= 0.6 is 0 Å². The maximum Gasteiger partial charge on any atom is 0.123 e. The lowest BCUT2D eigenvalue weighted by molar-refractivity contribution is 0.142. The van der Waals surface area contributed by atoms with E-state index in [1.54, 1.807) is 13.2 Å². The predicted octanol–water partition coefficient (Wildman–Crippen LogP) is 3.10. The molecule has 0 aromatic carbocycles. The van der Waals surface area contributed by atoms with Crippen LogP contribution in [0, 0.1) is 0 Å². The number of ether oxygens (including phenoxy) is 2. The molecule has 0 heterocycles. The first-order valence-corrected chi connectivity index (χ1v) is 5.25. The van der Waals surface area contributed by atoms with Gasteiger partial charge in [0.1, 0.15) is 5.76 Å². The Morgan fingerprint density at radius 1 is 1.44 bits per heavy atom. The number of nitrogens with zero attached hydrogens (tertiary/aromatic N) is 1. The van der Waals surface area contributed by atoms with Crippen LogP contribution in [0.3, 0.4) is 0 Å². The van der Waals surface area contributed by atoms with Crippen LogP contribution in [0.4, 0.5) is 0 Å². The zero-order chi connectivity index (χ0) is 12.6. The van der Waals surface area contributed by atoms with Crippen molar-refractivity contribution in [3.8, 4) is 0 Å². The van der Waals surface area contributed by atoms with Crippen molar-refractivity contribution in [2.75, 3.05) is 13.7 Å². The molecule has 0 radical (unpaired) electrons. The van der Waals surface area contributed by atoms with Crippen molar-refractivity contribution in [3.63, 3.8) is 0 Å². The summed E-state index contributed by atoms with van der Waals surface area (Å²) in [6.45, 7) is 13.5. The summed E-state index contributed by atoms with van der Waals surface area (Å²) < 4.78 is 10.8. The summed E-state index contributed by atoms with van der Waals surface area (Å²) >= 11 is 0. The quantitative estimate of drug-likeness (QED) is 0.377. The van der Waals surface area contributed by atoms with Crippen molar-refractivity contribution in [2.45, 2.75) is 26.9 Å². The second-order valence-electron chi connectivity index (χ2n) is 3.48. The van der Waals surface area contributed by atoms with Crippen LogP contribution in [-0.2, 0) is 9.47 Å². The molecule has 0 saturated carbocycles. The summed E-state index contributed by atoms with van der Waals surface area (Å²) in [4.78, 5) is 3.91. The Bertz CT molecular complexity index is 291. The minimum atomic E-state index is 0.105.